The average Bonchev–Trinajstić information content (AvgIpc) is 3.43. The maximum atomic E-state index is 12.6. The van der Waals surface area contributed by atoms with E-state index in [9.17, 15) is 9.59 Å². The van der Waals surface area contributed by atoms with Crippen molar-refractivity contribution in [3.63, 3.8) is 0 Å². The Bertz CT molecular complexity index is 1670. The molecule has 1 aromatic carbocycles. The van der Waals surface area contributed by atoms with Gasteiger partial charge in [0.15, 0.2) is 28.6 Å². The molecule has 2 fully saturated rings. The number of para-hydroxylation sites is 2. The fourth-order valence-corrected chi connectivity index (χ4v) is 4.92. The van der Waals surface area contributed by atoms with Crippen LogP contribution in [0.1, 0.15) is 44.1 Å². The molecule has 0 aliphatic carbocycles. The summed E-state index contributed by atoms with van der Waals surface area (Å²) < 4.78 is 14.7. The lowest BCUT2D eigenvalue weighted by Crippen LogP contribution is -2.46. The third kappa shape index (κ3) is 4.68. The molecule has 1 amide bonds. The minimum absolute atomic E-state index is 0.178. The standard InChI is InChI=1S/C28H32N8O4/c1-17(37)23-29-19-8-6-7-9-20(19)36(23)26-31-24-22(25(32-26)34-10-12-39-13-11-34)30-21(33(24)5)14-18-15-35(16-18)27(38)40-28(2,3)4/h6-9,14H,10-13,15-16H2,1-5H3. The number of ketones is 1. The maximum Gasteiger partial charge on any atom is 0.410 e. The molecule has 40 heavy (non-hydrogen) atoms. The third-order valence-electron chi connectivity index (χ3n) is 6.88. The number of rotatable bonds is 4. The molecule has 5 heterocycles. The quantitative estimate of drug-likeness (QED) is 0.356. The topological polar surface area (TPSA) is 120 Å². The van der Waals surface area contributed by atoms with E-state index in [-0.39, 0.29) is 17.7 Å². The van der Waals surface area contributed by atoms with Crippen molar-refractivity contribution in [3.8, 4) is 5.95 Å². The molecule has 0 bridgehead atoms. The molecule has 4 aromatic rings. The van der Waals surface area contributed by atoms with E-state index in [1.165, 1.54) is 6.92 Å². The van der Waals surface area contributed by atoms with Crippen molar-refractivity contribution in [2.75, 3.05) is 44.3 Å². The minimum Gasteiger partial charge on any atom is -0.444 e. The van der Waals surface area contributed by atoms with Crippen LogP contribution in [0.2, 0.25) is 0 Å². The number of carbonyl (C=O) groups is 2. The van der Waals surface area contributed by atoms with E-state index < -0.39 is 5.60 Å². The average molecular weight is 545 g/mol. The van der Waals surface area contributed by atoms with Crippen LogP contribution in [0.25, 0.3) is 34.2 Å². The van der Waals surface area contributed by atoms with E-state index in [0.717, 1.165) is 11.1 Å². The van der Waals surface area contributed by atoms with Gasteiger partial charge in [-0.15, -0.1) is 0 Å². The molecule has 3 aromatic heterocycles. The molecular formula is C28H32N8O4. The first-order valence-corrected chi connectivity index (χ1v) is 13.3. The monoisotopic (exact) mass is 544 g/mol. The van der Waals surface area contributed by atoms with E-state index in [1.54, 1.807) is 9.47 Å². The molecule has 0 saturated carbocycles. The Labute approximate surface area is 231 Å². The van der Waals surface area contributed by atoms with Gasteiger partial charge in [0.1, 0.15) is 11.4 Å². The maximum absolute atomic E-state index is 12.6. The Morgan fingerprint density at radius 1 is 1.02 bits per heavy atom. The zero-order valence-corrected chi connectivity index (χ0v) is 23.3. The number of aryl methyl sites for hydroxylation is 1. The number of Topliss-reactive ketones (excluding diaryl/α,β-unsaturated/α-hetero) is 1. The number of imidazole rings is 2. The van der Waals surface area contributed by atoms with Gasteiger partial charge in [0.25, 0.3) is 0 Å². The predicted molar refractivity (Wildman–Crippen MR) is 150 cm³/mol. The Kier molecular flexibility index (Phi) is 6.29. The molecule has 2 aliphatic rings. The number of carbonyl (C=O) groups excluding carboxylic acids is 2. The number of morpholine rings is 1. The molecule has 6 rings (SSSR count). The summed E-state index contributed by atoms with van der Waals surface area (Å²) in [4.78, 5) is 48.2. The number of amides is 1. The van der Waals surface area contributed by atoms with Crippen LogP contribution in [0.3, 0.4) is 0 Å². The Balaban J connectivity index is 1.44. The number of hydrogen-bond acceptors (Lipinski definition) is 9. The highest BCUT2D eigenvalue weighted by Gasteiger charge is 2.30. The molecule has 208 valence electrons. The van der Waals surface area contributed by atoms with Gasteiger partial charge in [-0.05, 0) is 44.6 Å². The first kappa shape index (κ1) is 25.9. The number of nitrogens with zero attached hydrogens (tertiary/aromatic N) is 8. The smallest absolute Gasteiger partial charge is 0.410 e. The van der Waals surface area contributed by atoms with Gasteiger partial charge in [-0.2, -0.15) is 9.97 Å². The van der Waals surface area contributed by atoms with E-state index in [1.807, 2.05) is 62.7 Å². The van der Waals surface area contributed by atoms with Crippen LogP contribution in [-0.4, -0.2) is 90.8 Å². The van der Waals surface area contributed by atoms with E-state index in [4.69, 9.17) is 24.4 Å². The third-order valence-corrected chi connectivity index (χ3v) is 6.88. The van der Waals surface area contributed by atoms with Crippen LogP contribution < -0.4 is 4.90 Å². The molecule has 0 N–H and O–H groups in total. The van der Waals surface area contributed by atoms with Crippen LogP contribution in [0.15, 0.2) is 29.8 Å². The Morgan fingerprint density at radius 2 is 1.75 bits per heavy atom. The Morgan fingerprint density at radius 3 is 2.45 bits per heavy atom. The van der Waals surface area contributed by atoms with Crippen molar-refractivity contribution < 1.29 is 19.1 Å². The summed E-state index contributed by atoms with van der Waals surface area (Å²) >= 11 is 0. The van der Waals surface area contributed by atoms with E-state index >= 15 is 0 Å². The molecule has 2 aliphatic heterocycles. The summed E-state index contributed by atoms with van der Waals surface area (Å²) in [5.74, 6) is 1.84. The summed E-state index contributed by atoms with van der Waals surface area (Å²) in [6.45, 7) is 10.5. The van der Waals surface area contributed by atoms with Gasteiger partial charge in [0.2, 0.25) is 5.95 Å². The van der Waals surface area contributed by atoms with E-state index in [0.29, 0.717) is 73.7 Å². The van der Waals surface area contributed by atoms with Gasteiger partial charge < -0.3 is 23.8 Å². The van der Waals surface area contributed by atoms with Crippen LogP contribution in [0.4, 0.5) is 10.6 Å². The van der Waals surface area contributed by atoms with Crippen LogP contribution in [0.5, 0.6) is 0 Å². The summed E-state index contributed by atoms with van der Waals surface area (Å²) in [7, 11) is 1.91. The zero-order chi connectivity index (χ0) is 28.2. The summed E-state index contributed by atoms with van der Waals surface area (Å²) in [6.07, 6.45) is 1.66. The first-order chi connectivity index (χ1) is 19.1. The normalized spacial score (nSPS) is 16.0. The number of ether oxygens (including phenoxy) is 2. The summed E-state index contributed by atoms with van der Waals surface area (Å²) in [5, 5.41) is 0. The van der Waals surface area contributed by atoms with Crippen LogP contribution >= 0.6 is 0 Å². The van der Waals surface area contributed by atoms with Gasteiger partial charge in [-0.25, -0.2) is 14.8 Å². The molecule has 12 heteroatoms. The molecule has 12 nitrogen and oxygen atoms in total. The SMILES string of the molecule is CC(=O)c1nc2ccccc2n1-c1nc(N2CCOCC2)c2nc(C=C3CN(C(=O)OC(C)(C)C)C3)n(C)c2n1. The summed E-state index contributed by atoms with van der Waals surface area (Å²) in [6, 6.07) is 7.56. The number of fused-ring (bicyclic) bond motifs is 2. The van der Waals surface area contributed by atoms with Crippen molar-refractivity contribution in [1.82, 2.24) is 34.0 Å². The second-order valence-corrected chi connectivity index (χ2v) is 11.1. The summed E-state index contributed by atoms with van der Waals surface area (Å²) in [5.41, 5.74) is 3.26. The van der Waals surface area contributed by atoms with Crippen molar-refractivity contribution in [2.24, 2.45) is 7.05 Å². The largest absolute Gasteiger partial charge is 0.444 e. The zero-order valence-electron chi connectivity index (χ0n) is 23.3. The fourth-order valence-electron chi connectivity index (χ4n) is 4.92. The highest BCUT2D eigenvalue weighted by Crippen LogP contribution is 2.30. The van der Waals surface area contributed by atoms with Crippen molar-refractivity contribution in [3.05, 3.63) is 41.5 Å². The number of likely N-dealkylation sites (tertiary alicyclic amines) is 1. The minimum atomic E-state index is -0.539. The number of benzene rings is 1. The van der Waals surface area contributed by atoms with Gasteiger partial charge in [0.05, 0.1) is 24.2 Å². The molecule has 0 spiro atoms. The van der Waals surface area contributed by atoms with Crippen LogP contribution in [0, 0.1) is 0 Å². The van der Waals surface area contributed by atoms with Crippen molar-refractivity contribution >= 4 is 46.0 Å². The second-order valence-electron chi connectivity index (χ2n) is 11.1. The fraction of sp³-hybridized carbons (Fsp3) is 0.429. The van der Waals surface area contributed by atoms with Crippen LogP contribution in [-0.2, 0) is 16.5 Å². The second kappa shape index (κ2) is 9.70. The lowest BCUT2D eigenvalue weighted by atomic mass is 10.1. The van der Waals surface area contributed by atoms with Gasteiger partial charge >= 0.3 is 6.09 Å². The lowest BCUT2D eigenvalue weighted by molar-refractivity contribution is 0.0216. The van der Waals surface area contributed by atoms with Gasteiger partial charge in [-0.1, -0.05) is 12.1 Å². The molecular weight excluding hydrogens is 512 g/mol. The highest BCUT2D eigenvalue weighted by atomic mass is 16.6. The number of anilines is 1. The molecule has 2 saturated heterocycles. The molecule has 0 atom stereocenters. The molecule has 0 radical (unpaired) electrons. The van der Waals surface area contributed by atoms with Crippen molar-refractivity contribution in [1.29, 1.82) is 0 Å². The molecule has 0 unspecified atom stereocenters. The van der Waals surface area contributed by atoms with Gasteiger partial charge in [0, 0.05) is 40.2 Å². The predicted octanol–water partition coefficient (Wildman–Crippen LogP) is 3.38. The Hall–Kier alpha value is -4.32. The number of aromatic nitrogens is 6. The lowest BCUT2D eigenvalue weighted by Gasteiger charge is -2.35. The van der Waals surface area contributed by atoms with E-state index in [2.05, 4.69) is 9.88 Å². The highest BCUT2D eigenvalue weighted by molar-refractivity contribution is 5.96. The first-order valence-electron chi connectivity index (χ1n) is 13.3. The van der Waals surface area contributed by atoms with Gasteiger partial charge in [-0.3, -0.25) is 9.36 Å². The van der Waals surface area contributed by atoms with Crippen molar-refractivity contribution in [2.45, 2.75) is 33.3 Å². The number of hydrogen-bond donors (Lipinski definition) is 0.